The van der Waals surface area contributed by atoms with Crippen molar-refractivity contribution in [2.24, 2.45) is 0 Å². The van der Waals surface area contributed by atoms with Crippen LogP contribution in [0.15, 0.2) is 0 Å². The first kappa shape index (κ1) is 14.9. The Balaban J connectivity index is 0.000000921. The monoisotopic (exact) mass is 215 g/mol. The molecule has 1 fully saturated rings. The van der Waals surface area contributed by atoms with E-state index in [4.69, 9.17) is 4.74 Å². The molecule has 2 heteroatoms. The third-order valence-electron chi connectivity index (χ3n) is 2.45. The largest absolute Gasteiger partial charge is 0.367 e. The van der Waals surface area contributed by atoms with E-state index in [9.17, 15) is 0 Å². The van der Waals surface area contributed by atoms with Gasteiger partial charge in [-0.1, -0.05) is 13.8 Å². The van der Waals surface area contributed by atoms with Crippen LogP contribution in [-0.4, -0.2) is 35.2 Å². The molecule has 0 saturated carbocycles. The second kappa shape index (κ2) is 5.31. The van der Waals surface area contributed by atoms with E-state index in [2.05, 4.69) is 46.4 Å². The molecule has 0 atom stereocenters. The van der Waals surface area contributed by atoms with Gasteiger partial charge in [-0.15, -0.1) is 0 Å². The molecule has 1 aliphatic rings. The van der Waals surface area contributed by atoms with Gasteiger partial charge >= 0.3 is 0 Å². The minimum atomic E-state index is -0.00792. The van der Waals surface area contributed by atoms with Gasteiger partial charge in [0.2, 0.25) is 0 Å². The van der Waals surface area contributed by atoms with Gasteiger partial charge in [0.25, 0.3) is 0 Å². The van der Waals surface area contributed by atoms with Crippen molar-refractivity contribution < 1.29 is 4.74 Å². The fraction of sp³-hybridized carbons (Fsp3) is 1.00. The topological polar surface area (TPSA) is 12.5 Å². The number of morpholine rings is 1. The molecule has 0 amide bonds. The summed E-state index contributed by atoms with van der Waals surface area (Å²) < 4.78 is 6.00. The average molecular weight is 215 g/mol. The summed E-state index contributed by atoms with van der Waals surface area (Å²) in [6, 6.07) is 0.613. The van der Waals surface area contributed by atoms with Crippen molar-refractivity contribution in [1.29, 1.82) is 0 Å². The molecule has 0 aromatic rings. The van der Waals surface area contributed by atoms with Gasteiger partial charge in [0.05, 0.1) is 11.2 Å². The van der Waals surface area contributed by atoms with E-state index in [1.54, 1.807) is 0 Å². The van der Waals surface area contributed by atoms with Gasteiger partial charge in [-0.25, -0.2) is 0 Å². The Morgan fingerprint density at radius 2 is 1.27 bits per heavy atom. The van der Waals surface area contributed by atoms with Crippen molar-refractivity contribution in [2.75, 3.05) is 13.1 Å². The van der Waals surface area contributed by atoms with E-state index < -0.39 is 0 Å². The highest BCUT2D eigenvalue weighted by Crippen LogP contribution is 2.28. The second-order valence-electron chi connectivity index (χ2n) is 5.62. The average Bonchev–Trinajstić information content (AvgIpc) is 2.02. The zero-order valence-electron chi connectivity index (χ0n) is 11.8. The Labute approximate surface area is 96.0 Å². The van der Waals surface area contributed by atoms with Crippen molar-refractivity contribution in [1.82, 2.24) is 4.90 Å². The third-order valence-corrected chi connectivity index (χ3v) is 2.45. The first-order valence-electron chi connectivity index (χ1n) is 6.16. The van der Waals surface area contributed by atoms with Crippen LogP contribution in [0.4, 0.5) is 0 Å². The summed E-state index contributed by atoms with van der Waals surface area (Å²) in [6.07, 6.45) is 0. The normalized spacial score (nSPS) is 24.6. The maximum absolute atomic E-state index is 6.00. The molecule has 15 heavy (non-hydrogen) atoms. The zero-order chi connectivity index (χ0) is 12.3. The third kappa shape index (κ3) is 4.98. The van der Waals surface area contributed by atoms with E-state index in [0.717, 1.165) is 13.1 Å². The number of hydrogen-bond acceptors (Lipinski definition) is 2. The molecule has 0 aromatic heterocycles. The van der Waals surface area contributed by atoms with Crippen LogP contribution >= 0.6 is 0 Å². The molecule has 0 N–H and O–H groups in total. The van der Waals surface area contributed by atoms with E-state index in [0.29, 0.717) is 6.04 Å². The quantitative estimate of drug-likeness (QED) is 0.665. The Bertz CT molecular complexity index is 169. The van der Waals surface area contributed by atoms with Gasteiger partial charge < -0.3 is 4.74 Å². The lowest BCUT2D eigenvalue weighted by atomic mass is 9.98. The molecule has 0 unspecified atom stereocenters. The van der Waals surface area contributed by atoms with Crippen molar-refractivity contribution >= 4 is 0 Å². The zero-order valence-corrected chi connectivity index (χ0v) is 11.8. The minimum Gasteiger partial charge on any atom is -0.367 e. The number of rotatable bonds is 1. The summed E-state index contributed by atoms with van der Waals surface area (Å²) in [6.45, 7) is 19.2. The number of nitrogens with zero attached hydrogens (tertiary/aromatic N) is 1. The van der Waals surface area contributed by atoms with Gasteiger partial charge in [0, 0.05) is 19.1 Å². The van der Waals surface area contributed by atoms with Crippen molar-refractivity contribution in [3.05, 3.63) is 0 Å². The highest BCUT2D eigenvalue weighted by Gasteiger charge is 2.38. The number of ether oxygens (including phenoxy) is 1. The molecule has 0 aromatic carbocycles. The highest BCUT2D eigenvalue weighted by molar-refractivity contribution is 4.90. The van der Waals surface area contributed by atoms with Gasteiger partial charge in [-0.3, -0.25) is 4.90 Å². The summed E-state index contributed by atoms with van der Waals surface area (Å²) in [5.41, 5.74) is -0.0158. The van der Waals surface area contributed by atoms with Crippen LogP contribution < -0.4 is 0 Å². The first-order chi connectivity index (χ1) is 6.72. The highest BCUT2D eigenvalue weighted by atomic mass is 16.5. The lowest BCUT2D eigenvalue weighted by molar-refractivity contribution is -0.185. The smallest absolute Gasteiger partial charge is 0.0760 e. The fourth-order valence-electron chi connectivity index (χ4n) is 2.21. The summed E-state index contributed by atoms with van der Waals surface area (Å²) in [4.78, 5) is 2.49. The van der Waals surface area contributed by atoms with Crippen LogP contribution in [0.5, 0.6) is 0 Å². The molecular formula is C13H29NO. The van der Waals surface area contributed by atoms with Gasteiger partial charge in [-0.05, 0) is 41.5 Å². The molecule has 0 bridgehead atoms. The molecule has 0 aliphatic carbocycles. The molecule has 2 nitrogen and oxygen atoms in total. The van der Waals surface area contributed by atoms with Crippen LogP contribution in [-0.2, 0) is 4.74 Å². The van der Waals surface area contributed by atoms with E-state index in [-0.39, 0.29) is 11.2 Å². The second-order valence-corrected chi connectivity index (χ2v) is 5.62. The van der Waals surface area contributed by atoms with E-state index in [1.165, 1.54) is 0 Å². The van der Waals surface area contributed by atoms with Gasteiger partial charge in [0.1, 0.15) is 0 Å². The fourth-order valence-corrected chi connectivity index (χ4v) is 2.21. The van der Waals surface area contributed by atoms with Crippen LogP contribution in [0, 0.1) is 0 Å². The Morgan fingerprint density at radius 1 is 0.933 bits per heavy atom. The summed E-state index contributed by atoms with van der Waals surface area (Å²) >= 11 is 0. The first-order valence-corrected chi connectivity index (χ1v) is 6.16. The summed E-state index contributed by atoms with van der Waals surface area (Å²) in [5.74, 6) is 0. The van der Waals surface area contributed by atoms with Crippen molar-refractivity contribution in [3.63, 3.8) is 0 Å². The molecule has 1 aliphatic heterocycles. The predicted molar refractivity (Wildman–Crippen MR) is 67.3 cm³/mol. The molecule has 1 heterocycles. The van der Waals surface area contributed by atoms with Crippen molar-refractivity contribution in [3.8, 4) is 0 Å². The molecule has 1 rings (SSSR count). The number of hydrogen-bond donors (Lipinski definition) is 0. The van der Waals surface area contributed by atoms with Crippen LogP contribution in [0.3, 0.4) is 0 Å². The summed E-state index contributed by atoms with van der Waals surface area (Å²) in [7, 11) is 0. The van der Waals surface area contributed by atoms with Gasteiger partial charge in [-0.2, -0.15) is 0 Å². The van der Waals surface area contributed by atoms with Crippen LogP contribution in [0.1, 0.15) is 55.4 Å². The van der Waals surface area contributed by atoms with Crippen molar-refractivity contribution in [2.45, 2.75) is 72.6 Å². The predicted octanol–water partition coefficient (Wildman–Crippen LogP) is 3.31. The Morgan fingerprint density at radius 3 is 1.53 bits per heavy atom. The van der Waals surface area contributed by atoms with Gasteiger partial charge in [0.15, 0.2) is 0 Å². The molecule has 1 saturated heterocycles. The molecular weight excluding hydrogens is 186 g/mol. The lowest BCUT2D eigenvalue weighted by Gasteiger charge is -2.48. The molecule has 92 valence electrons. The molecule has 0 radical (unpaired) electrons. The standard InChI is InChI=1S/C11H23NO.C2H6/c1-9(2)12-7-10(3,4)13-11(5,6)8-12;1-2/h9H,7-8H2,1-6H3;1-2H3. The Kier molecular flexibility index (Phi) is 5.28. The van der Waals surface area contributed by atoms with E-state index in [1.807, 2.05) is 13.8 Å². The van der Waals surface area contributed by atoms with E-state index >= 15 is 0 Å². The maximum Gasteiger partial charge on any atom is 0.0760 e. The van der Waals surface area contributed by atoms with Crippen LogP contribution in [0.25, 0.3) is 0 Å². The summed E-state index contributed by atoms with van der Waals surface area (Å²) in [5, 5.41) is 0. The lowest BCUT2D eigenvalue weighted by Crippen LogP contribution is -2.58. The van der Waals surface area contributed by atoms with Crippen LogP contribution in [0.2, 0.25) is 0 Å². The minimum absolute atomic E-state index is 0.00792. The SMILES string of the molecule is CC.CC(C)N1CC(C)(C)OC(C)(C)C1. The Hall–Kier alpha value is -0.0800. The maximum atomic E-state index is 6.00. The molecule has 0 spiro atoms.